The van der Waals surface area contributed by atoms with Crippen LogP contribution in [0.15, 0.2) is 48.5 Å². The minimum absolute atomic E-state index is 0.0463. The Kier molecular flexibility index (Phi) is 7.33. The Morgan fingerprint density at radius 2 is 1.58 bits per heavy atom. The number of carbonyl (C=O) groups is 2. The summed E-state index contributed by atoms with van der Waals surface area (Å²) in [5.41, 5.74) is 10.1. The molecule has 0 saturated heterocycles. The van der Waals surface area contributed by atoms with Gasteiger partial charge in [-0.3, -0.25) is 4.79 Å². The van der Waals surface area contributed by atoms with E-state index in [0.717, 1.165) is 0 Å². The van der Waals surface area contributed by atoms with Gasteiger partial charge in [0, 0.05) is 12.5 Å². The molecule has 0 heterocycles. The summed E-state index contributed by atoms with van der Waals surface area (Å²) in [4.78, 5) is 24.0. The molecule has 2 aromatic carbocycles. The van der Waals surface area contributed by atoms with Crippen molar-refractivity contribution in [2.24, 2.45) is 5.73 Å². The Bertz CT molecular complexity index is 874. The number of unbranched alkanes of at least 4 members (excludes halogenated alkanes) is 1. The van der Waals surface area contributed by atoms with Gasteiger partial charge in [0.25, 0.3) is 0 Å². The number of amides is 1. The van der Waals surface area contributed by atoms with E-state index in [2.05, 4.69) is 29.6 Å². The average molecular weight is 425 g/mol. The zero-order chi connectivity index (χ0) is 22.4. The number of fused-ring (bicyclic) bond motifs is 3. The summed E-state index contributed by atoms with van der Waals surface area (Å²) in [6.45, 7) is 6.21. The zero-order valence-corrected chi connectivity index (χ0v) is 18.5. The zero-order valence-electron chi connectivity index (χ0n) is 18.5. The van der Waals surface area contributed by atoms with Gasteiger partial charge in [-0.25, -0.2) is 4.79 Å². The van der Waals surface area contributed by atoms with E-state index in [-0.39, 0.29) is 5.92 Å². The quantitative estimate of drug-likeness (QED) is 0.485. The van der Waals surface area contributed by atoms with Crippen LogP contribution in [0.3, 0.4) is 0 Å². The molecule has 3 N–H and O–H groups in total. The van der Waals surface area contributed by atoms with Crippen LogP contribution in [0.1, 0.15) is 57.1 Å². The molecule has 0 unspecified atom stereocenters. The SMILES string of the molecule is CC(C)(C)OC(=O)[C@H](N)CCCCNC(=O)OCC1c2ccccc2-c2ccccc21. The third kappa shape index (κ3) is 6.07. The Labute approximate surface area is 184 Å². The minimum Gasteiger partial charge on any atom is -0.459 e. The van der Waals surface area contributed by atoms with Crippen LogP contribution in [-0.2, 0) is 14.3 Å². The van der Waals surface area contributed by atoms with E-state index in [9.17, 15) is 9.59 Å². The molecular formula is C25H32N2O4. The van der Waals surface area contributed by atoms with Crippen LogP contribution >= 0.6 is 0 Å². The number of nitrogens with one attached hydrogen (secondary N) is 1. The highest BCUT2D eigenvalue weighted by atomic mass is 16.6. The largest absolute Gasteiger partial charge is 0.459 e. The summed E-state index contributed by atoms with van der Waals surface area (Å²) in [6.07, 6.45) is 1.50. The van der Waals surface area contributed by atoms with Crippen LogP contribution < -0.4 is 11.1 Å². The molecular weight excluding hydrogens is 392 g/mol. The summed E-state index contributed by atoms with van der Waals surface area (Å²) < 4.78 is 10.8. The lowest BCUT2D eigenvalue weighted by atomic mass is 9.98. The number of benzene rings is 2. The molecule has 1 aliphatic carbocycles. The molecule has 0 spiro atoms. The second-order valence-corrected chi connectivity index (χ2v) is 8.89. The summed E-state index contributed by atoms with van der Waals surface area (Å²) >= 11 is 0. The molecule has 1 amide bonds. The van der Waals surface area contributed by atoms with E-state index in [4.69, 9.17) is 15.2 Å². The van der Waals surface area contributed by atoms with Gasteiger partial charge in [-0.2, -0.15) is 0 Å². The van der Waals surface area contributed by atoms with E-state index in [0.29, 0.717) is 32.4 Å². The summed E-state index contributed by atoms with van der Waals surface area (Å²) in [6, 6.07) is 15.8. The smallest absolute Gasteiger partial charge is 0.407 e. The van der Waals surface area contributed by atoms with E-state index in [1.54, 1.807) is 0 Å². The van der Waals surface area contributed by atoms with Gasteiger partial charge in [0.2, 0.25) is 0 Å². The van der Waals surface area contributed by atoms with E-state index >= 15 is 0 Å². The normalized spacial score (nSPS) is 13.8. The first kappa shape index (κ1) is 22.8. The van der Waals surface area contributed by atoms with Crippen LogP contribution in [0.25, 0.3) is 11.1 Å². The van der Waals surface area contributed by atoms with Gasteiger partial charge in [0.05, 0.1) is 0 Å². The minimum atomic E-state index is -0.645. The highest BCUT2D eigenvalue weighted by Crippen LogP contribution is 2.44. The molecule has 0 bridgehead atoms. The predicted molar refractivity (Wildman–Crippen MR) is 121 cm³/mol. The molecule has 6 heteroatoms. The lowest BCUT2D eigenvalue weighted by Crippen LogP contribution is -2.37. The molecule has 0 saturated carbocycles. The molecule has 3 rings (SSSR count). The maximum absolute atomic E-state index is 12.2. The highest BCUT2D eigenvalue weighted by Gasteiger charge is 2.29. The lowest BCUT2D eigenvalue weighted by Gasteiger charge is -2.22. The van der Waals surface area contributed by atoms with Crippen molar-refractivity contribution in [1.29, 1.82) is 0 Å². The molecule has 166 valence electrons. The number of hydrogen-bond donors (Lipinski definition) is 2. The monoisotopic (exact) mass is 424 g/mol. The van der Waals surface area contributed by atoms with Crippen molar-refractivity contribution in [3.63, 3.8) is 0 Å². The highest BCUT2D eigenvalue weighted by molar-refractivity contribution is 5.79. The number of rotatable bonds is 8. The second-order valence-electron chi connectivity index (χ2n) is 8.89. The molecule has 1 atom stereocenters. The number of esters is 1. The van der Waals surface area contributed by atoms with Crippen LogP contribution in [0, 0.1) is 0 Å². The van der Waals surface area contributed by atoms with Crippen molar-refractivity contribution in [3.8, 4) is 11.1 Å². The number of ether oxygens (including phenoxy) is 2. The number of carbonyl (C=O) groups excluding carboxylic acids is 2. The van der Waals surface area contributed by atoms with Crippen LogP contribution in [0.5, 0.6) is 0 Å². The van der Waals surface area contributed by atoms with Crippen molar-refractivity contribution in [3.05, 3.63) is 59.7 Å². The van der Waals surface area contributed by atoms with Crippen molar-refractivity contribution in [1.82, 2.24) is 5.32 Å². The summed E-state index contributed by atoms with van der Waals surface area (Å²) in [5, 5.41) is 2.78. The molecule has 1 aliphatic rings. The number of hydrogen-bond acceptors (Lipinski definition) is 5. The van der Waals surface area contributed by atoms with Crippen molar-refractivity contribution < 1.29 is 19.1 Å². The fraction of sp³-hybridized carbons (Fsp3) is 0.440. The first-order valence-electron chi connectivity index (χ1n) is 10.8. The van der Waals surface area contributed by atoms with Gasteiger partial charge < -0.3 is 20.5 Å². The molecule has 0 aliphatic heterocycles. The molecule has 0 fully saturated rings. The number of alkyl carbamates (subject to hydrolysis) is 1. The van der Waals surface area contributed by atoms with Crippen molar-refractivity contribution >= 4 is 12.1 Å². The standard InChI is InChI=1S/C25H32N2O4/c1-25(2,3)31-23(28)22(26)14-8-9-15-27-24(29)30-16-21-19-12-6-4-10-17(19)18-11-5-7-13-20(18)21/h4-7,10-13,21-22H,8-9,14-16,26H2,1-3H3,(H,27,29)/t22-/m1/s1. The van der Waals surface area contributed by atoms with Crippen molar-refractivity contribution in [2.75, 3.05) is 13.2 Å². The molecule has 6 nitrogen and oxygen atoms in total. The number of nitrogens with two attached hydrogens (primary N) is 1. The average Bonchev–Trinajstić information content (AvgIpc) is 3.04. The van der Waals surface area contributed by atoms with Crippen LogP contribution in [0.4, 0.5) is 4.79 Å². The Morgan fingerprint density at radius 3 is 2.16 bits per heavy atom. The van der Waals surface area contributed by atoms with Crippen molar-refractivity contribution in [2.45, 2.75) is 57.6 Å². The van der Waals surface area contributed by atoms with E-state index in [1.807, 2.05) is 45.0 Å². The Hall–Kier alpha value is -2.86. The summed E-state index contributed by atoms with van der Waals surface area (Å²) in [5.74, 6) is -0.345. The third-order valence-corrected chi connectivity index (χ3v) is 5.26. The van der Waals surface area contributed by atoms with Gasteiger partial charge in [0.15, 0.2) is 0 Å². The topological polar surface area (TPSA) is 90.6 Å². The maximum Gasteiger partial charge on any atom is 0.407 e. The van der Waals surface area contributed by atoms with Crippen LogP contribution in [0.2, 0.25) is 0 Å². The lowest BCUT2D eigenvalue weighted by molar-refractivity contribution is -0.156. The molecule has 0 aromatic heterocycles. The Morgan fingerprint density at radius 1 is 1.00 bits per heavy atom. The van der Waals surface area contributed by atoms with Gasteiger partial charge >= 0.3 is 12.1 Å². The Balaban J connectivity index is 1.39. The predicted octanol–water partition coefficient (Wildman–Crippen LogP) is 4.36. The summed E-state index contributed by atoms with van der Waals surface area (Å²) in [7, 11) is 0. The van der Waals surface area contributed by atoms with Crippen LogP contribution in [-0.4, -0.2) is 36.9 Å². The first-order chi connectivity index (χ1) is 14.8. The third-order valence-electron chi connectivity index (χ3n) is 5.26. The van der Waals surface area contributed by atoms with Gasteiger partial charge in [0.1, 0.15) is 18.2 Å². The molecule has 2 aromatic rings. The molecule has 0 radical (unpaired) electrons. The van der Waals surface area contributed by atoms with Gasteiger partial charge in [-0.05, 0) is 62.3 Å². The van der Waals surface area contributed by atoms with Gasteiger partial charge in [-0.15, -0.1) is 0 Å². The van der Waals surface area contributed by atoms with E-state index < -0.39 is 23.7 Å². The fourth-order valence-corrected chi connectivity index (χ4v) is 3.82. The second kappa shape index (κ2) is 9.96. The first-order valence-corrected chi connectivity index (χ1v) is 10.8. The maximum atomic E-state index is 12.2. The van der Waals surface area contributed by atoms with E-state index in [1.165, 1.54) is 22.3 Å². The molecule has 31 heavy (non-hydrogen) atoms. The van der Waals surface area contributed by atoms with Gasteiger partial charge in [-0.1, -0.05) is 48.5 Å². The fourth-order valence-electron chi connectivity index (χ4n) is 3.82.